The number of aromatic amines is 1. The summed E-state index contributed by atoms with van der Waals surface area (Å²) in [5.74, 6) is -2.06. The molecule has 0 aliphatic carbocycles. The van der Waals surface area contributed by atoms with E-state index >= 15 is 13.2 Å². The van der Waals surface area contributed by atoms with E-state index in [-0.39, 0.29) is 11.0 Å². The highest BCUT2D eigenvalue weighted by molar-refractivity contribution is 6.16. The van der Waals surface area contributed by atoms with Gasteiger partial charge in [0.1, 0.15) is 0 Å². The SMILES string of the molecule is NC1=C(c2ccccc2)c2nc1cc1ccc(cc3nc(cc4c(-c5ccccc5)c(-c5ccccc5)c(c2-c2ccccc2)n4C(=O)C(F)(F)F)C=C3)[nH]1. The number of aromatic nitrogens is 4. The Morgan fingerprint density at radius 2 is 1.07 bits per heavy atom. The van der Waals surface area contributed by atoms with Crippen molar-refractivity contribution in [3.63, 3.8) is 0 Å². The summed E-state index contributed by atoms with van der Waals surface area (Å²) in [6.07, 6.45) is -1.76. The second-order valence-electron chi connectivity index (χ2n) is 13.2. The summed E-state index contributed by atoms with van der Waals surface area (Å²) in [6, 6.07) is 45.8. The number of carbonyl (C=O) groups is 1. The lowest BCUT2D eigenvalue weighted by Gasteiger charge is -2.15. The highest BCUT2D eigenvalue weighted by Crippen LogP contribution is 2.48. The summed E-state index contributed by atoms with van der Waals surface area (Å²) in [7, 11) is 0. The molecule has 5 heterocycles. The van der Waals surface area contributed by atoms with Gasteiger partial charge in [0.05, 0.1) is 39.5 Å². The molecule has 7 aromatic rings. The molecule has 4 aromatic carbocycles. The molecular weight excluding hydrogens is 696 g/mol. The van der Waals surface area contributed by atoms with E-state index in [1.807, 2.05) is 133 Å². The van der Waals surface area contributed by atoms with Crippen molar-refractivity contribution in [3.8, 4) is 33.4 Å². The van der Waals surface area contributed by atoms with Crippen LogP contribution in [0.1, 0.15) is 33.1 Å². The van der Waals surface area contributed by atoms with E-state index in [4.69, 9.17) is 15.7 Å². The monoisotopic (exact) mass is 725 g/mol. The molecule has 3 N–H and O–H groups in total. The highest BCUT2D eigenvalue weighted by atomic mass is 19.4. The first kappa shape index (κ1) is 33.6. The van der Waals surface area contributed by atoms with Gasteiger partial charge in [-0.3, -0.25) is 9.36 Å². The van der Waals surface area contributed by atoms with E-state index in [9.17, 15) is 4.79 Å². The second-order valence-corrected chi connectivity index (χ2v) is 13.2. The summed E-state index contributed by atoms with van der Waals surface area (Å²) < 4.78 is 46.5. The Labute approximate surface area is 313 Å². The van der Waals surface area contributed by atoms with Gasteiger partial charge in [0, 0.05) is 33.3 Å². The predicted molar refractivity (Wildman–Crippen MR) is 213 cm³/mol. The molecule has 9 rings (SSSR count). The van der Waals surface area contributed by atoms with Crippen LogP contribution in [0.5, 0.6) is 0 Å². The maximum absolute atomic E-state index is 15.2. The topological polar surface area (TPSA) is 89.6 Å². The third-order valence-electron chi connectivity index (χ3n) is 9.69. The van der Waals surface area contributed by atoms with E-state index < -0.39 is 12.1 Å². The van der Waals surface area contributed by atoms with Gasteiger partial charge in [-0.1, -0.05) is 121 Å². The molecule has 0 spiro atoms. The summed E-state index contributed by atoms with van der Waals surface area (Å²) in [6.45, 7) is 0. The Morgan fingerprint density at radius 3 is 1.64 bits per heavy atom. The first-order valence-electron chi connectivity index (χ1n) is 17.6. The van der Waals surface area contributed by atoms with Crippen molar-refractivity contribution < 1.29 is 18.0 Å². The first-order valence-corrected chi connectivity index (χ1v) is 17.6. The van der Waals surface area contributed by atoms with E-state index in [1.165, 1.54) is 0 Å². The van der Waals surface area contributed by atoms with Crippen molar-refractivity contribution >= 4 is 51.4 Å². The lowest BCUT2D eigenvalue weighted by atomic mass is 9.90. The van der Waals surface area contributed by atoms with Gasteiger partial charge in [-0.2, -0.15) is 13.2 Å². The Kier molecular flexibility index (Phi) is 8.12. The summed E-state index contributed by atoms with van der Waals surface area (Å²) in [5, 5.41) is 0. The van der Waals surface area contributed by atoms with E-state index in [0.29, 0.717) is 78.5 Å². The average Bonchev–Trinajstić information content (AvgIpc) is 3.98. The molecule has 0 saturated heterocycles. The Balaban J connectivity index is 1.65. The van der Waals surface area contributed by atoms with Crippen molar-refractivity contribution in [1.82, 2.24) is 19.5 Å². The molecule has 2 aliphatic heterocycles. The third kappa shape index (κ3) is 6.01. The Hall–Kier alpha value is -7.26. The molecule has 0 amide bonds. The summed E-state index contributed by atoms with van der Waals surface area (Å²) >= 11 is 0. The summed E-state index contributed by atoms with van der Waals surface area (Å²) in [5.41, 5.74) is 14.7. The van der Waals surface area contributed by atoms with Crippen LogP contribution in [-0.2, 0) is 0 Å². The van der Waals surface area contributed by atoms with Gasteiger partial charge in [0.25, 0.3) is 0 Å². The van der Waals surface area contributed by atoms with E-state index in [1.54, 1.807) is 30.4 Å². The van der Waals surface area contributed by atoms with Crippen LogP contribution in [-0.4, -0.2) is 31.6 Å². The minimum atomic E-state index is -5.28. The van der Waals surface area contributed by atoms with Gasteiger partial charge >= 0.3 is 12.1 Å². The van der Waals surface area contributed by atoms with Crippen LogP contribution >= 0.6 is 0 Å². The van der Waals surface area contributed by atoms with Crippen molar-refractivity contribution in [2.75, 3.05) is 0 Å². The maximum Gasteiger partial charge on any atom is 0.472 e. The van der Waals surface area contributed by atoms with Gasteiger partial charge in [-0.25, -0.2) is 9.97 Å². The number of carbonyl (C=O) groups excluding carboxylic acids is 1. The van der Waals surface area contributed by atoms with Crippen molar-refractivity contribution in [1.29, 1.82) is 0 Å². The number of hydrogen-bond donors (Lipinski definition) is 2. The minimum Gasteiger partial charge on any atom is -0.396 e. The molecule has 266 valence electrons. The van der Waals surface area contributed by atoms with Crippen molar-refractivity contribution in [2.24, 2.45) is 5.73 Å². The molecule has 3 aromatic heterocycles. The van der Waals surface area contributed by atoms with Crippen LogP contribution in [0.4, 0.5) is 13.2 Å². The fourth-order valence-corrected chi connectivity index (χ4v) is 7.36. The van der Waals surface area contributed by atoms with Crippen LogP contribution in [0, 0.1) is 0 Å². The Bertz CT molecular complexity index is 2860. The van der Waals surface area contributed by atoms with Crippen LogP contribution in [0.15, 0.2) is 152 Å². The molecule has 55 heavy (non-hydrogen) atoms. The normalized spacial score (nSPS) is 12.6. The molecule has 0 atom stereocenters. The van der Waals surface area contributed by atoms with Crippen LogP contribution in [0.25, 0.3) is 78.9 Å². The van der Waals surface area contributed by atoms with Crippen molar-refractivity contribution in [2.45, 2.75) is 6.18 Å². The smallest absolute Gasteiger partial charge is 0.396 e. The number of fused-ring (bicyclic) bond motifs is 8. The van der Waals surface area contributed by atoms with Gasteiger partial charge in [0.2, 0.25) is 0 Å². The number of rotatable bonds is 4. The standard InChI is InChI=1S/C46H30F3N5O/c47-46(48,49)45(55)54-37-27-35-24-22-33(52-35)25-32-21-23-34(51-32)26-36-42(50)40(30-17-9-3-10-18-30)43(53-36)41(31-19-11-4-12-20-31)44(54)39(29-15-7-2-8-16-29)38(37)28-13-5-1-6-14-28/h1-27,51H,50H2. The zero-order valence-electron chi connectivity index (χ0n) is 29.0. The van der Waals surface area contributed by atoms with E-state index in [0.717, 1.165) is 10.1 Å². The summed E-state index contributed by atoms with van der Waals surface area (Å²) in [4.78, 5) is 27.6. The number of H-pyrrole nitrogens is 1. The Morgan fingerprint density at radius 1 is 0.582 bits per heavy atom. The molecule has 0 saturated carbocycles. The largest absolute Gasteiger partial charge is 0.472 e. The first-order chi connectivity index (χ1) is 26.7. The molecule has 6 nitrogen and oxygen atoms in total. The zero-order valence-corrected chi connectivity index (χ0v) is 29.0. The average molecular weight is 726 g/mol. The van der Waals surface area contributed by atoms with Gasteiger partial charge in [-0.15, -0.1) is 0 Å². The highest BCUT2D eigenvalue weighted by Gasteiger charge is 2.43. The quantitative estimate of drug-likeness (QED) is 0.189. The number of alkyl halides is 3. The molecule has 9 heteroatoms. The predicted octanol–water partition coefficient (Wildman–Crippen LogP) is 11.0. The van der Waals surface area contributed by atoms with Crippen LogP contribution in [0.3, 0.4) is 0 Å². The number of benzene rings is 4. The minimum absolute atomic E-state index is 0.0126. The molecule has 8 bridgehead atoms. The van der Waals surface area contributed by atoms with Gasteiger partial charge in [-0.05, 0) is 64.7 Å². The third-order valence-corrected chi connectivity index (χ3v) is 9.69. The molecular formula is C46H30F3N5O. The van der Waals surface area contributed by atoms with Crippen LogP contribution in [0.2, 0.25) is 0 Å². The molecule has 0 radical (unpaired) electrons. The molecule has 2 aliphatic rings. The fraction of sp³-hybridized carbons (Fsp3) is 0.0217. The van der Waals surface area contributed by atoms with Gasteiger partial charge < -0.3 is 10.7 Å². The van der Waals surface area contributed by atoms with Crippen LogP contribution < -0.4 is 5.73 Å². The van der Waals surface area contributed by atoms with Crippen molar-refractivity contribution in [3.05, 3.63) is 180 Å². The number of nitrogens with zero attached hydrogens (tertiary/aromatic N) is 3. The molecule has 0 fully saturated rings. The van der Waals surface area contributed by atoms with E-state index in [2.05, 4.69) is 4.98 Å². The lowest BCUT2D eigenvalue weighted by Crippen LogP contribution is -2.29. The van der Waals surface area contributed by atoms with Gasteiger partial charge in [0.15, 0.2) is 0 Å². The zero-order chi connectivity index (χ0) is 37.7. The maximum atomic E-state index is 15.2. The number of halogens is 3. The number of hydrogen-bond acceptors (Lipinski definition) is 4. The molecule has 0 unspecified atom stereocenters. The number of nitrogens with one attached hydrogen (secondary N) is 1. The fourth-order valence-electron chi connectivity index (χ4n) is 7.36. The second kappa shape index (κ2) is 13.3. The lowest BCUT2D eigenvalue weighted by molar-refractivity contribution is -0.0939. The number of nitrogens with two attached hydrogens (primary N) is 1.